The van der Waals surface area contributed by atoms with Gasteiger partial charge in [0.15, 0.2) is 0 Å². The van der Waals surface area contributed by atoms with Crippen LogP contribution in [-0.4, -0.2) is 34.9 Å². The second-order valence-corrected chi connectivity index (χ2v) is 11.2. The zero-order chi connectivity index (χ0) is 27.9. The highest BCUT2D eigenvalue weighted by Gasteiger charge is 2.17. The average Bonchev–Trinajstić information content (AvgIpc) is 2.92. The lowest BCUT2D eigenvalue weighted by molar-refractivity contribution is -0.123. The highest BCUT2D eigenvalue weighted by Crippen LogP contribution is 2.13. The van der Waals surface area contributed by atoms with Gasteiger partial charge in [0.25, 0.3) is 0 Å². The SMILES string of the molecule is CCCCCCCCC/C=C/CC/C=C/[C@@H](O)[C@H](CO)NC(=O)CCCCCCCCCCCCCCC. The van der Waals surface area contributed by atoms with Crippen LogP contribution in [0.3, 0.4) is 0 Å². The van der Waals surface area contributed by atoms with E-state index in [-0.39, 0.29) is 12.5 Å². The van der Waals surface area contributed by atoms with Crippen LogP contribution in [0.1, 0.15) is 168 Å². The minimum absolute atomic E-state index is 0.0760. The first-order chi connectivity index (χ1) is 18.7. The molecule has 4 heteroatoms. The van der Waals surface area contributed by atoms with Gasteiger partial charge in [-0.05, 0) is 32.1 Å². The molecule has 0 aliphatic carbocycles. The monoisotopic (exact) mass is 535 g/mol. The predicted molar refractivity (Wildman–Crippen MR) is 165 cm³/mol. The number of aliphatic hydroxyl groups is 2. The summed E-state index contributed by atoms with van der Waals surface area (Å²) >= 11 is 0. The van der Waals surface area contributed by atoms with Crippen molar-refractivity contribution in [3.05, 3.63) is 24.3 Å². The Labute approximate surface area is 237 Å². The molecule has 0 fully saturated rings. The van der Waals surface area contributed by atoms with Crippen LogP contribution in [-0.2, 0) is 4.79 Å². The van der Waals surface area contributed by atoms with Crippen molar-refractivity contribution in [2.24, 2.45) is 0 Å². The standard InChI is InChI=1S/C34H65NO3/c1-3-5-7-9-11-13-15-17-19-21-23-25-27-29-33(37)32(31-36)35-34(38)30-28-26-24-22-20-18-16-14-12-10-8-6-4-2/h19,21,27,29,32-33,36-37H,3-18,20,22-26,28,30-31H2,1-2H3,(H,35,38)/b21-19+,29-27+/t32-,33+/m0/s1. The van der Waals surface area contributed by atoms with Gasteiger partial charge in [-0.25, -0.2) is 0 Å². The van der Waals surface area contributed by atoms with Crippen molar-refractivity contribution in [3.8, 4) is 0 Å². The first-order valence-electron chi connectivity index (χ1n) is 16.6. The van der Waals surface area contributed by atoms with Crippen molar-refractivity contribution in [1.29, 1.82) is 0 Å². The Morgan fingerprint density at radius 3 is 1.53 bits per heavy atom. The lowest BCUT2D eigenvalue weighted by Gasteiger charge is -2.19. The molecule has 0 rings (SSSR count). The molecule has 0 saturated heterocycles. The molecule has 0 heterocycles. The van der Waals surface area contributed by atoms with Gasteiger partial charge < -0.3 is 15.5 Å². The van der Waals surface area contributed by atoms with Crippen LogP contribution >= 0.6 is 0 Å². The third kappa shape index (κ3) is 26.5. The average molecular weight is 536 g/mol. The number of hydrogen-bond acceptors (Lipinski definition) is 3. The third-order valence-corrected chi connectivity index (χ3v) is 7.44. The van der Waals surface area contributed by atoms with Crippen molar-refractivity contribution in [3.63, 3.8) is 0 Å². The van der Waals surface area contributed by atoms with E-state index in [2.05, 4.69) is 31.3 Å². The zero-order valence-electron chi connectivity index (χ0n) is 25.4. The molecule has 0 saturated carbocycles. The summed E-state index contributed by atoms with van der Waals surface area (Å²) in [4.78, 5) is 12.2. The lowest BCUT2D eigenvalue weighted by atomic mass is 10.0. The van der Waals surface area contributed by atoms with Gasteiger partial charge in [-0.3, -0.25) is 4.79 Å². The molecule has 0 aromatic rings. The fraction of sp³-hybridized carbons (Fsp3) is 0.853. The van der Waals surface area contributed by atoms with Crippen molar-refractivity contribution in [2.45, 2.75) is 180 Å². The van der Waals surface area contributed by atoms with Gasteiger partial charge in [0, 0.05) is 6.42 Å². The Balaban J connectivity index is 3.70. The van der Waals surface area contributed by atoms with E-state index < -0.39 is 12.1 Å². The number of aliphatic hydroxyl groups excluding tert-OH is 2. The van der Waals surface area contributed by atoms with E-state index in [0.717, 1.165) is 32.1 Å². The van der Waals surface area contributed by atoms with Crippen molar-refractivity contribution < 1.29 is 15.0 Å². The molecule has 3 N–H and O–H groups in total. The zero-order valence-corrected chi connectivity index (χ0v) is 25.4. The van der Waals surface area contributed by atoms with E-state index in [4.69, 9.17) is 0 Å². The summed E-state index contributed by atoms with van der Waals surface area (Å²) in [5.74, 6) is -0.0760. The van der Waals surface area contributed by atoms with Crippen molar-refractivity contribution in [1.82, 2.24) is 5.32 Å². The molecule has 0 aliphatic heterocycles. The molecule has 2 atom stereocenters. The first-order valence-corrected chi connectivity index (χ1v) is 16.6. The normalized spacial score (nSPS) is 13.5. The van der Waals surface area contributed by atoms with Gasteiger partial charge in [0.2, 0.25) is 5.91 Å². The molecule has 0 radical (unpaired) electrons. The third-order valence-electron chi connectivity index (χ3n) is 7.44. The fourth-order valence-electron chi connectivity index (χ4n) is 4.84. The summed E-state index contributed by atoms with van der Waals surface area (Å²) in [6.07, 6.45) is 36.8. The van der Waals surface area contributed by atoms with Crippen LogP contribution in [0.4, 0.5) is 0 Å². The van der Waals surface area contributed by atoms with E-state index in [9.17, 15) is 15.0 Å². The van der Waals surface area contributed by atoms with Crippen molar-refractivity contribution in [2.75, 3.05) is 6.61 Å². The number of amides is 1. The number of allylic oxidation sites excluding steroid dienone is 3. The van der Waals surface area contributed by atoms with Crippen LogP contribution in [0.2, 0.25) is 0 Å². The predicted octanol–water partition coefficient (Wildman–Crippen LogP) is 9.34. The highest BCUT2D eigenvalue weighted by atomic mass is 16.3. The van der Waals surface area contributed by atoms with Gasteiger partial charge in [-0.15, -0.1) is 0 Å². The van der Waals surface area contributed by atoms with E-state index in [0.29, 0.717) is 6.42 Å². The molecule has 0 unspecified atom stereocenters. The maximum absolute atomic E-state index is 12.2. The number of unbranched alkanes of at least 4 members (excludes halogenated alkanes) is 20. The van der Waals surface area contributed by atoms with Gasteiger partial charge >= 0.3 is 0 Å². The van der Waals surface area contributed by atoms with Crippen LogP contribution < -0.4 is 5.32 Å². The van der Waals surface area contributed by atoms with Crippen LogP contribution in [0.15, 0.2) is 24.3 Å². The van der Waals surface area contributed by atoms with Gasteiger partial charge in [-0.1, -0.05) is 154 Å². The van der Waals surface area contributed by atoms with Crippen molar-refractivity contribution >= 4 is 5.91 Å². The molecular weight excluding hydrogens is 470 g/mol. The molecule has 0 aliphatic rings. The van der Waals surface area contributed by atoms with Gasteiger partial charge in [0.05, 0.1) is 18.8 Å². The summed E-state index contributed by atoms with van der Waals surface area (Å²) in [7, 11) is 0. The maximum Gasteiger partial charge on any atom is 0.220 e. The van der Waals surface area contributed by atoms with Gasteiger partial charge in [-0.2, -0.15) is 0 Å². The number of carbonyl (C=O) groups is 1. The first kappa shape index (κ1) is 36.9. The Morgan fingerprint density at radius 2 is 1.03 bits per heavy atom. The molecule has 38 heavy (non-hydrogen) atoms. The summed E-state index contributed by atoms with van der Waals surface area (Å²) in [6.45, 7) is 4.26. The van der Waals surface area contributed by atoms with Gasteiger partial charge in [0.1, 0.15) is 0 Å². The second-order valence-electron chi connectivity index (χ2n) is 11.2. The summed E-state index contributed by atoms with van der Waals surface area (Å²) < 4.78 is 0. The Kier molecular flexibility index (Phi) is 29.5. The molecule has 1 amide bonds. The maximum atomic E-state index is 12.2. The number of nitrogens with one attached hydrogen (secondary N) is 1. The Morgan fingerprint density at radius 1 is 0.605 bits per heavy atom. The molecule has 4 nitrogen and oxygen atoms in total. The van der Waals surface area contributed by atoms with E-state index in [1.54, 1.807) is 6.08 Å². The quantitative estimate of drug-likeness (QED) is 0.0660. The van der Waals surface area contributed by atoms with E-state index >= 15 is 0 Å². The Bertz CT molecular complexity index is 546. The van der Waals surface area contributed by atoms with Crippen LogP contribution in [0, 0.1) is 0 Å². The van der Waals surface area contributed by atoms with E-state index in [1.165, 1.54) is 116 Å². The molecule has 0 aromatic heterocycles. The second kappa shape index (κ2) is 30.4. The van der Waals surface area contributed by atoms with Crippen LogP contribution in [0.25, 0.3) is 0 Å². The number of carbonyl (C=O) groups excluding carboxylic acids is 1. The topological polar surface area (TPSA) is 69.6 Å². The van der Waals surface area contributed by atoms with Crippen LogP contribution in [0.5, 0.6) is 0 Å². The molecule has 0 aromatic carbocycles. The number of hydrogen-bond donors (Lipinski definition) is 3. The molecule has 0 bridgehead atoms. The molecule has 0 spiro atoms. The summed E-state index contributed by atoms with van der Waals surface area (Å²) in [5, 5.41) is 22.8. The minimum Gasteiger partial charge on any atom is -0.394 e. The largest absolute Gasteiger partial charge is 0.394 e. The smallest absolute Gasteiger partial charge is 0.220 e. The molecular formula is C34H65NO3. The molecule has 224 valence electrons. The van der Waals surface area contributed by atoms with E-state index in [1.807, 2.05) is 6.08 Å². The summed E-state index contributed by atoms with van der Waals surface area (Å²) in [5.41, 5.74) is 0. The number of rotatable bonds is 29. The Hall–Kier alpha value is -1.13. The minimum atomic E-state index is -0.854. The highest BCUT2D eigenvalue weighted by molar-refractivity contribution is 5.76. The lowest BCUT2D eigenvalue weighted by Crippen LogP contribution is -2.45. The fourth-order valence-corrected chi connectivity index (χ4v) is 4.84. The summed E-state index contributed by atoms with van der Waals surface area (Å²) in [6, 6.07) is -0.631.